The van der Waals surface area contributed by atoms with Gasteiger partial charge in [0, 0.05) is 10.8 Å². The Bertz CT molecular complexity index is 1890. The maximum atomic E-state index is 3.50. The molecule has 2 aromatic rings. The van der Waals surface area contributed by atoms with Crippen LogP contribution in [0, 0.1) is 56.3 Å². The summed E-state index contributed by atoms with van der Waals surface area (Å²) in [4.78, 5) is 0. The average molecular weight is 937 g/mol. The van der Waals surface area contributed by atoms with E-state index < -0.39 is 0 Å². The van der Waals surface area contributed by atoms with Crippen LogP contribution >= 0.6 is 31.9 Å². The first-order chi connectivity index (χ1) is 23.6. The number of hydrogen-bond donors (Lipinski definition) is 0. The van der Waals surface area contributed by atoms with Crippen molar-refractivity contribution in [1.29, 1.82) is 0 Å². The van der Waals surface area contributed by atoms with Gasteiger partial charge in [-0.3, -0.25) is 6.08 Å². The predicted octanol–water partition coefficient (Wildman–Crippen LogP) is 7.29. The molecular formula is C47H50Br2Cl2Zr-2. The molecule has 272 valence electrons. The quantitative estimate of drug-likeness (QED) is 0.278. The minimum atomic E-state index is 0. The van der Waals surface area contributed by atoms with Crippen molar-refractivity contribution in [2.45, 2.75) is 61.8 Å². The Kier molecular flexibility index (Phi) is 13.1. The van der Waals surface area contributed by atoms with E-state index in [-0.39, 0.29) is 62.7 Å². The van der Waals surface area contributed by atoms with Gasteiger partial charge in [0.2, 0.25) is 0 Å². The molecule has 2 saturated carbocycles. The number of benzene rings is 2. The summed E-state index contributed by atoms with van der Waals surface area (Å²) in [7, 11) is 0. The van der Waals surface area contributed by atoms with Crippen LogP contribution in [0.25, 0.3) is 0 Å². The molecule has 0 bridgehead atoms. The van der Waals surface area contributed by atoms with Crippen molar-refractivity contribution in [3.8, 4) is 0 Å². The fourth-order valence-corrected chi connectivity index (χ4v) is 12.6. The normalized spacial score (nSPS) is 37.8. The van der Waals surface area contributed by atoms with Gasteiger partial charge >= 0.3 is 128 Å². The van der Waals surface area contributed by atoms with Crippen LogP contribution in [0.3, 0.4) is 0 Å². The Balaban J connectivity index is 0.000000221. The van der Waals surface area contributed by atoms with Crippen molar-refractivity contribution < 1.29 is 49.0 Å². The van der Waals surface area contributed by atoms with Crippen molar-refractivity contribution in [3.63, 3.8) is 0 Å². The molecule has 0 aliphatic heterocycles. The molecule has 5 heteroatoms. The van der Waals surface area contributed by atoms with Crippen LogP contribution in [0.1, 0.15) is 72.9 Å². The van der Waals surface area contributed by atoms with Gasteiger partial charge in [-0.2, -0.15) is 6.08 Å². The molecule has 0 N–H and O–H groups in total. The van der Waals surface area contributed by atoms with E-state index in [9.17, 15) is 0 Å². The number of rotatable bonds is 2. The molecule has 0 amide bonds. The average Bonchev–Trinajstić information content (AvgIpc) is 3.74. The third-order valence-electron chi connectivity index (χ3n) is 14.8. The van der Waals surface area contributed by atoms with Crippen LogP contribution in [-0.4, -0.2) is 3.21 Å². The van der Waals surface area contributed by atoms with Gasteiger partial charge in [-0.15, -0.1) is 23.8 Å². The van der Waals surface area contributed by atoms with E-state index >= 15 is 0 Å². The summed E-state index contributed by atoms with van der Waals surface area (Å²) >= 11 is 8.43. The summed E-state index contributed by atoms with van der Waals surface area (Å²) in [6, 6.07) is 16.9. The van der Waals surface area contributed by atoms with Gasteiger partial charge in [0.1, 0.15) is 0 Å². The molecule has 6 aliphatic rings. The van der Waals surface area contributed by atoms with E-state index in [2.05, 4.69) is 209 Å². The first-order valence-electron chi connectivity index (χ1n) is 17.8. The minimum absolute atomic E-state index is 0. The number of halogens is 4. The zero-order valence-corrected chi connectivity index (χ0v) is 38.7. The molecule has 2 aromatic carbocycles. The number of hydrogen-bond acceptors (Lipinski definition) is 0. The maximum absolute atomic E-state index is 3.50. The molecule has 6 aliphatic carbocycles. The fourth-order valence-electron chi connectivity index (χ4n) is 11.0. The molecule has 0 spiro atoms. The molecule has 0 nitrogen and oxygen atoms in total. The Hall–Kier alpha value is -1.35. The number of allylic oxidation sites excluding steroid dienone is 16. The smallest absolute Gasteiger partial charge is 0.00455 e. The second-order valence-electron chi connectivity index (χ2n) is 16.1. The third kappa shape index (κ3) is 6.00. The van der Waals surface area contributed by atoms with Gasteiger partial charge in [-0.05, 0) is 28.6 Å². The Morgan fingerprint density at radius 1 is 0.712 bits per heavy atom. The standard InChI is InChI=1S/C29H37.C13H8Br2.C5H5.2ClH.Zr/c1-21-14-13-15-22-20-27(6)25(4)18-10-9-16-23(25,2)24(3)17-11-12-19-26(24,5)29(27,8)28(21,22)7;14-12-5-1-3-10(8-12)7-11-4-2-6-13(15)9-11;1-2-4-5-3-1;;;/h9-20,22H,1-8H3;1-6,8-9H;1-3H,4H2;2*1H;/q-1;;-1;;;+2/p-2. The van der Waals surface area contributed by atoms with Gasteiger partial charge in [0.15, 0.2) is 0 Å². The fraction of sp³-hybridized carbons (Fsp3) is 0.362. The Morgan fingerprint density at radius 2 is 1.21 bits per heavy atom. The summed E-state index contributed by atoms with van der Waals surface area (Å²) in [5.41, 5.74) is 4.30. The first-order valence-corrected chi connectivity index (χ1v) is 20.7. The summed E-state index contributed by atoms with van der Waals surface area (Å²) < 4.78 is 3.62. The molecule has 0 heterocycles. The van der Waals surface area contributed by atoms with Crippen LogP contribution in [0.4, 0.5) is 0 Å². The largest absolute Gasteiger partial charge is 1.00 e. The zero-order chi connectivity index (χ0) is 36.2. The van der Waals surface area contributed by atoms with Crippen LogP contribution in [0.5, 0.6) is 0 Å². The summed E-state index contributed by atoms with van der Waals surface area (Å²) in [6.07, 6.45) is 39.3. The molecule has 8 atom stereocenters. The molecule has 52 heavy (non-hydrogen) atoms. The second kappa shape index (κ2) is 15.7. The molecule has 0 aromatic heterocycles. The third-order valence-corrected chi connectivity index (χ3v) is 17.3. The van der Waals surface area contributed by atoms with Crippen LogP contribution in [0.15, 0.2) is 148 Å². The molecule has 0 saturated heterocycles. The summed E-state index contributed by atoms with van der Waals surface area (Å²) in [5, 5.41) is 0. The Labute approximate surface area is 358 Å². The van der Waals surface area contributed by atoms with Crippen LogP contribution in [-0.2, 0) is 24.2 Å². The second-order valence-corrected chi connectivity index (χ2v) is 19.2. The SMILES string of the molecule is Brc1cccc([C](=[Zr+2])c2cccc(Br)c2)c1.CC1=CC=CC2[CH-]C3(C)C4(C)C=CC=CC4(C)C4(C)C=CC=CC4(C)C3(C)C12C.[C-]1=CC=CC1.[Cl-].[Cl-]. The van der Waals surface area contributed by atoms with E-state index in [1.54, 1.807) is 0 Å². The first kappa shape index (κ1) is 43.4. The van der Waals surface area contributed by atoms with Crippen LogP contribution in [0.2, 0.25) is 0 Å². The van der Waals surface area contributed by atoms with E-state index in [4.69, 9.17) is 0 Å². The van der Waals surface area contributed by atoms with Crippen molar-refractivity contribution in [1.82, 2.24) is 0 Å². The molecule has 0 radical (unpaired) electrons. The van der Waals surface area contributed by atoms with Crippen molar-refractivity contribution in [2.24, 2.45) is 43.8 Å². The summed E-state index contributed by atoms with van der Waals surface area (Å²) in [5.74, 6) is 0.460. The van der Waals surface area contributed by atoms with Gasteiger partial charge in [-0.1, -0.05) is 115 Å². The molecule has 8 unspecified atom stereocenters. The van der Waals surface area contributed by atoms with Gasteiger partial charge in [0.05, 0.1) is 0 Å². The van der Waals surface area contributed by atoms with Crippen molar-refractivity contribution >= 4 is 35.1 Å². The van der Waals surface area contributed by atoms with E-state index in [1.807, 2.05) is 24.3 Å². The van der Waals surface area contributed by atoms with Gasteiger partial charge < -0.3 is 31.2 Å². The van der Waals surface area contributed by atoms with Gasteiger partial charge in [-0.25, -0.2) is 12.2 Å². The Morgan fingerprint density at radius 3 is 1.67 bits per heavy atom. The van der Waals surface area contributed by atoms with Crippen molar-refractivity contribution in [2.75, 3.05) is 0 Å². The van der Waals surface area contributed by atoms with E-state index in [0.29, 0.717) is 5.92 Å². The number of fused-ring (bicyclic) bond motifs is 8. The molecule has 8 rings (SSSR count). The molecule has 2 fully saturated rings. The van der Waals surface area contributed by atoms with E-state index in [1.165, 1.54) is 44.1 Å². The van der Waals surface area contributed by atoms with Crippen LogP contribution < -0.4 is 24.8 Å². The monoisotopic (exact) mass is 932 g/mol. The van der Waals surface area contributed by atoms with Gasteiger partial charge in [0.25, 0.3) is 0 Å². The zero-order valence-electron chi connectivity index (χ0n) is 31.6. The summed E-state index contributed by atoms with van der Waals surface area (Å²) in [6.45, 7) is 20.3. The van der Waals surface area contributed by atoms with Crippen molar-refractivity contribution in [3.05, 3.63) is 172 Å². The minimum Gasteiger partial charge on any atom is -1.00 e. The topological polar surface area (TPSA) is 0 Å². The predicted molar refractivity (Wildman–Crippen MR) is 217 cm³/mol. The maximum Gasteiger partial charge on any atom is 0.00455 e. The van der Waals surface area contributed by atoms with E-state index in [0.717, 1.165) is 15.4 Å². The molecular weight excluding hydrogens is 886 g/mol.